The van der Waals surface area contributed by atoms with Crippen molar-refractivity contribution in [2.45, 2.75) is 38.6 Å². The highest BCUT2D eigenvalue weighted by molar-refractivity contribution is 5.80. The quantitative estimate of drug-likeness (QED) is 0.702. The SMILES string of the molecule is CCCNC(C)(CCN1CCCOCC1)C(=O)OC. The van der Waals surface area contributed by atoms with Crippen LogP contribution < -0.4 is 5.32 Å². The molecule has 0 spiro atoms. The zero-order chi connectivity index (χ0) is 14.1. The number of hydrogen-bond donors (Lipinski definition) is 1. The van der Waals surface area contributed by atoms with Crippen molar-refractivity contribution < 1.29 is 14.3 Å². The van der Waals surface area contributed by atoms with E-state index in [9.17, 15) is 4.79 Å². The summed E-state index contributed by atoms with van der Waals surface area (Å²) in [5.74, 6) is -0.174. The number of methoxy groups -OCH3 is 1. The van der Waals surface area contributed by atoms with Crippen LogP contribution in [0.3, 0.4) is 0 Å². The van der Waals surface area contributed by atoms with Crippen molar-refractivity contribution in [3.63, 3.8) is 0 Å². The zero-order valence-corrected chi connectivity index (χ0v) is 12.5. The Labute approximate surface area is 116 Å². The van der Waals surface area contributed by atoms with Crippen molar-refractivity contribution in [2.24, 2.45) is 0 Å². The van der Waals surface area contributed by atoms with Crippen LogP contribution in [0.5, 0.6) is 0 Å². The predicted molar refractivity (Wildman–Crippen MR) is 75.2 cm³/mol. The second-order valence-corrected chi connectivity index (χ2v) is 5.31. The molecule has 19 heavy (non-hydrogen) atoms. The molecule has 0 radical (unpaired) electrons. The minimum Gasteiger partial charge on any atom is -0.468 e. The maximum atomic E-state index is 12.0. The molecule has 1 rings (SSSR count). The summed E-state index contributed by atoms with van der Waals surface area (Å²) in [4.78, 5) is 14.3. The number of esters is 1. The van der Waals surface area contributed by atoms with Gasteiger partial charge in [0, 0.05) is 26.2 Å². The number of carbonyl (C=O) groups is 1. The molecule has 1 unspecified atom stereocenters. The highest BCUT2D eigenvalue weighted by Crippen LogP contribution is 2.14. The fourth-order valence-electron chi connectivity index (χ4n) is 2.29. The lowest BCUT2D eigenvalue weighted by Crippen LogP contribution is -2.52. The molecule has 0 bridgehead atoms. The summed E-state index contributed by atoms with van der Waals surface area (Å²) in [6.07, 6.45) is 2.83. The van der Waals surface area contributed by atoms with Gasteiger partial charge in [-0.25, -0.2) is 0 Å². The van der Waals surface area contributed by atoms with E-state index in [1.807, 2.05) is 6.92 Å². The van der Waals surface area contributed by atoms with Crippen LogP contribution in [-0.4, -0.2) is 62.9 Å². The van der Waals surface area contributed by atoms with E-state index in [0.29, 0.717) is 0 Å². The number of nitrogens with zero attached hydrogens (tertiary/aromatic N) is 1. The molecule has 1 fully saturated rings. The van der Waals surface area contributed by atoms with Gasteiger partial charge in [-0.05, 0) is 32.7 Å². The lowest BCUT2D eigenvalue weighted by atomic mass is 9.97. The minimum absolute atomic E-state index is 0.174. The van der Waals surface area contributed by atoms with Gasteiger partial charge < -0.3 is 19.7 Å². The molecule has 1 N–H and O–H groups in total. The van der Waals surface area contributed by atoms with E-state index in [2.05, 4.69) is 17.1 Å². The summed E-state index contributed by atoms with van der Waals surface area (Å²) in [5.41, 5.74) is -0.585. The maximum absolute atomic E-state index is 12.0. The molecule has 5 nitrogen and oxygen atoms in total. The first-order valence-electron chi connectivity index (χ1n) is 7.26. The van der Waals surface area contributed by atoms with Crippen LogP contribution in [0.2, 0.25) is 0 Å². The third-order valence-electron chi connectivity index (χ3n) is 3.64. The van der Waals surface area contributed by atoms with Crippen LogP contribution in [0.15, 0.2) is 0 Å². The van der Waals surface area contributed by atoms with Gasteiger partial charge in [-0.2, -0.15) is 0 Å². The maximum Gasteiger partial charge on any atom is 0.325 e. The fourth-order valence-corrected chi connectivity index (χ4v) is 2.29. The monoisotopic (exact) mass is 272 g/mol. The molecule has 1 heterocycles. The summed E-state index contributed by atoms with van der Waals surface area (Å²) >= 11 is 0. The van der Waals surface area contributed by atoms with E-state index in [4.69, 9.17) is 9.47 Å². The van der Waals surface area contributed by atoms with Crippen LogP contribution in [-0.2, 0) is 14.3 Å². The van der Waals surface area contributed by atoms with Crippen LogP contribution in [0.4, 0.5) is 0 Å². The molecule has 0 aromatic heterocycles. The van der Waals surface area contributed by atoms with Crippen molar-refractivity contribution >= 4 is 5.97 Å². The molecule has 0 saturated carbocycles. The number of rotatable bonds is 7. The van der Waals surface area contributed by atoms with Crippen molar-refractivity contribution in [1.82, 2.24) is 10.2 Å². The third kappa shape index (κ3) is 5.47. The predicted octanol–water partition coefficient (Wildman–Crippen LogP) is 1.03. The van der Waals surface area contributed by atoms with Gasteiger partial charge in [0.05, 0.1) is 13.7 Å². The molecule has 0 aliphatic carbocycles. The van der Waals surface area contributed by atoms with Crippen molar-refractivity contribution in [3.05, 3.63) is 0 Å². The fraction of sp³-hybridized carbons (Fsp3) is 0.929. The standard InChI is InChI=1S/C14H28N2O3/c1-4-7-15-14(2,13(17)18-3)6-9-16-8-5-11-19-12-10-16/h15H,4-12H2,1-3H3. The van der Waals surface area contributed by atoms with E-state index in [1.54, 1.807) is 0 Å². The highest BCUT2D eigenvalue weighted by atomic mass is 16.5. The number of nitrogens with one attached hydrogen (secondary N) is 1. The van der Waals surface area contributed by atoms with Gasteiger partial charge in [0.15, 0.2) is 0 Å². The van der Waals surface area contributed by atoms with Crippen molar-refractivity contribution in [1.29, 1.82) is 0 Å². The smallest absolute Gasteiger partial charge is 0.325 e. The lowest BCUT2D eigenvalue weighted by molar-refractivity contribution is -0.148. The molecule has 1 aliphatic rings. The Balaban J connectivity index is 2.48. The lowest BCUT2D eigenvalue weighted by Gasteiger charge is -2.30. The Morgan fingerprint density at radius 3 is 2.89 bits per heavy atom. The van der Waals surface area contributed by atoms with Gasteiger partial charge in [-0.15, -0.1) is 0 Å². The highest BCUT2D eigenvalue weighted by Gasteiger charge is 2.33. The van der Waals surface area contributed by atoms with Crippen molar-refractivity contribution in [3.8, 4) is 0 Å². The molecular formula is C14H28N2O3. The Hall–Kier alpha value is -0.650. The molecule has 112 valence electrons. The van der Waals surface area contributed by atoms with E-state index < -0.39 is 5.54 Å². The molecule has 1 aliphatic heterocycles. The van der Waals surface area contributed by atoms with Gasteiger partial charge in [0.1, 0.15) is 5.54 Å². The van der Waals surface area contributed by atoms with Gasteiger partial charge in [0.2, 0.25) is 0 Å². The van der Waals surface area contributed by atoms with E-state index >= 15 is 0 Å². The van der Waals surface area contributed by atoms with Crippen LogP contribution in [0.25, 0.3) is 0 Å². The number of hydrogen-bond acceptors (Lipinski definition) is 5. The summed E-state index contributed by atoms with van der Waals surface area (Å²) in [7, 11) is 1.45. The number of ether oxygens (including phenoxy) is 2. The van der Waals surface area contributed by atoms with E-state index in [0.717, 1.165) is 58.7 Å². The molecule has 1 atom stereocenters. The summed E-state index contributed by atoms with van der Waals surface area (Å²) in [6.45, 7) is 9.38. The Bertz CT molecular complexity index is 265. The second-order valence-electron chi connectivity index (χ2n) is 5.31. The second kappa shape index (κ2) is 8.51. The van der Waals surface area contributed by atoms with E-state index in [-0.39, 0.29) is 5.97 Å². The normalized spacial score (nSPS) is 20.6. The summed E-state index contributed by atoms with van der Waals surface area (Å²) < 4.78 is 10.4. The van der Waals surface area contributed by atoms with Gasteiger partial charge in [-0.1, -0.05) is 6.92 Å². The van der Waals surface area contributed by atoms with Gasteiger partial charge in [0.25, 0.3) is 0 Å². The summed E-state index contributed by atoms with van der Waals surface area (Å²) in [6, 6.07) is 0. The van der Waals surface area contributed by atoms with Crippen LogP contribution >= 0.6 is 0 Å². The molecule has 1 saturated heterocycles. The Morgan fingerprint density at radius 1 is 1.42 bits per heavy atom. The Kier molecular flexibility index (Phi) is 7.34. The molecule has 0 aromatic rings. The molecule has 0 aromatic carbocycles. The van der Waals surface area contributed by atoms with Gasteiger partial charge >= 0.3 is 5.97 Å². The molecular weight excluding hydrogens is 244 g/mol. The third-order valence-corrected chi connectivity index (χ3v) is 3.64. The largest absolute Gasteiger partial charge is 0.468 e. The number of carbonyl (C=O) groups excluding carboxylic acids is 1. The Morgan fingerprint density at radius 2 is 2.21 bits per heavy atom. The first-order valence-corrected chi connectivity index (χ1v) is 7.26. The zero-order valence-electron chi connectivity index (χ0n) is 12.5. The topological polar surface area (TPSA) is 50.8 Å². The van der Waals surface area contributed by atoms with Crippen LogP contribution in [0.1, 0.15) is 33.1 Å². The molecule has 5 heteroatoms. The average Bonchev–Trinajstić information content (AvgIpc) is 2.70. The summed E-state index contributed by atoms with van der Waals surface area (Å²) in [5, 5.41) is 3.32. The first-order chi connectivity index (χ1) is 9.12. The van der Waals surface area contributed by atoms with Gasteiger partial charge in [-0.3, -0.25) is 4.79 Å². The van der Waals surface area contributed by atoms with E-state index in [1.165, 1.54) is 7.11 Å². The first kappa shape index (κ1) is 16.4. The van der Waals surface area contributed by atoms with Crippen molar-refractivity contribution in [2.75, 3.05) is 46.5 Å². The average molecular weight is 272 g/mol. The minimum atomic E-state index is -0.585. The molecule has 0 amide bonds. The van der Waals surface area contributed by atoms with Crippen LogP contribution in [0, 0.1) is 0 Å².